The smallest absolute Gasteiger partial charge is 0.139 e. The number of halogens is 2. The molecule has 0 amide bonds. The molecule has 1 aromatic carbocycles. The Bertz CT molecular complexity index is 385. The van der Waals surface area contributed by atoms with E-state index in [9.17, 15) is 9.50 Å². The molecule has 0 bridgehead atoms. The molecule has 3 nitrogen and oxygen atoms in total. The molecule has 0 heterocycles. The number of rotatable bonds is 5. The summed E-state index contributed by atoms with van der Waals surface area (Å²) in [5.74, 6) is 0.0416. The Morgan fingerprint density at radius 2 is 2.12 bits per heavy atom. The number of nitrogens with one attached hydrogen (secondary N) is 1. The van der Waals surface area contributed by atoms with Crippen molar-refractivity contribution in [1.82, 2.24) is 0 Å². The average Bonchev–Trinajstić information content (AvgIpc) is 2.20. The van der Waals surface area contributed by atoms with Crippen molar-refractivity contribution in [3.05, 3.63) is 22.4 Å². The fourth-order valence-electron chi connectivity index (χ4n) is 1.57. The Labute approximate surface area is 109 Å². The first-order valence-electron chi connectivity index (χ1n) is 5.56. The number of anilines is 2. The summed E-state index contributed by atoms with van der Waals surface area (Å²) in [6.07, 6.45) is 0.285. The van der Waals surface area contributed by atoms with Gasteiger partial charge >= 0.3 is 0 Å². The lowest BCUT2D eigenvalue weighted by atomic mass is 10.1. The van der Waals surface area contributed by atoms with Gasteiger partial charge in [0.1, 0.15) is 5.82 Å². The van der Waals surface area contributed by atoms with Crippen LogP contribution in [-0.2, 0) is 0 Å². The van der Waals surface area contributed by atoms with E-state index in [-0.39, 0.29) is 0 Å². The van der Waals surface area contributed by atoms with Crippen LogP contribution in [0.2, 0.25) is 0 Å². The van der Waals surface area contributed by atoms with Gasteiger partial charge < -0.3 is 16.2 Å². The number of aliphatic hydroxyl groups excluding tert-OH is 1. The minimum absolute atomic E-state index is 0.336. The van der Waals surface area contributed by atoms with E-state index in [4.69, 9.17) is 5.73 Å². The van der Waals surface area contributed by atoms with Gasteiger partial charge in [-0.2, -0.15) is 0 Å². The Balaban J connectivity index is 2.60. The van der Waals surface area contributed by atoms with Crippen molar-refractivity contribution in [2.45, 2.75) is 26.4 Å². The van der Waals surface area contributed by atoms with Crippen molar-refractivity contribution >= 4 is 27.3 Å². The van der Waals surface area contributed by atoms with Gasteiger partial charge in [-0.25, -0.2) is 4.39 Å². The molecule has 1 atom stereocenters. The molecular formula is C12H18BrFN2O. The highest BCUT2D eigenvalue weighted by Gasteiger charge is 2.09. The molecular weight excluding hydrogens is 287 g/mol. The second-order valence-corrected chi connectivity index (χ2v) is 5.37. The number of hydrogen-bond donors (Lipinski definition) is 3. The highest BCUT2D eigenvalue weighted by atomic mass is 79.9. The first kappa shape index (κ1) is 14.3. The fourth-order valence-corrected chi connectivity index (χ4v) is 1.91. The van der Waals surface area contributed by atoms with Crippen LogP contribution in [0.1, 0.15) is 20.3 Å². The third-order valence-corrected chi connectivity index (χ3v) is 2.97. The van der Waals surface area contributed by atoms with E-state index in [1.807, 2.05) is 13.8 Å². The van der Waals surface area contributed by atoms with Crippen molar-refractivity contribution in [3.63, 3.8) is 0 Å². The third kappa shape index (κ3) is 4.52. The predicted molar refractivity (Wildman–Crippen MR) is 72.5 cm³/mol. The molecule has 1 rings (SSSR count). The van der Waals surface area contributed by atoms with Crippen LogP contribution in [0, 0.1) is 11.7 Å². The molecule has 1 aromatic rings. The zero-order valence-corrected chi connectivity index (χ0v) is 11.6. The van der Waals surface area contributed by atoms with Crippen LogP contribution in [0.4, 0.5) is 15.8 Å². The SMILES string of the molecule is CC(C)CC(O)CNc1cc(Br)c(F)cc1N. The lowest BCUT2D eigenvalue weighted by molar-refractivity contribution is 0.161. The number of benzene rings is 1. The average molecular weight is 305 g/mol. The standard InChI is InChI=1S/C12H18BrFN2O/c1-7(2)3-8(17)6-16-12-4-9(13)10(14)5-11(12)15/h4-5,7-8,16-17H,3,6,15H2,1-2H3. The van der Waals surface area contributed by atoms with Gasteiger partial charge in [-0.05, 0) is 34.3 Å². The van der Waals surface area contributed by atoms with Crippen molar-refractivity contribution in [3.8, 4) is 0 Å². The van der Waals surface area contributed by atoms with E-state index < -0.39 is 11.9 Å². The van der Waals surface area contributed by atoms with Gasteiger partial charge in [0.15, 0.2) is 0 Å². The van der Waals surface area contributed by atoms with Gasteiger partial charge in [0.2, 0.25) is 0 Å². The van der Waals surface area contributed by atoms with Crippen LogP contribution < -0.4 is 11.1 Å². The van der Waals surface area contributed by atoms with E-state index in [1.54, 1.807) is 6.07 Å². The number of nitrogens with two attached hydrogens (primary N) is 1. The molecule has 5 heteroatoms. The van der Waals surface area contributed by atoms with Gasteiger partial charge in [0, 0.05) is 12.6 Å². The van der Waals surface area contributed by atoms with Crippen molar-refractivity contribution in [2.24, 2.45) is 5.92 Å². The predicted octanol–water partition coefficient (Wildman–Crippen LogP) is 2.99. The summed E-state index contributed by atoms with van der Waals surface area (Å²) < 4.78 is 13.5. The molecule has 0 saturated carbocycles. The normalized spacial score (nSPS) is 12.8. The first-order valence-corrected chi connectivity index (χ1v) is 6.36. The molecule has 17 heavy (non-hydrogen) atoms. The number of nitrogen functional groups attached to an aromatic ring is 1. The van der Waals surface area contributed by atoms with Crippen LogP contribution in [0.25, 0.3) is 0 Å². The maximum absolute atomic E-state index is 13.1. The highest BCUT2D eigenvalue weighted by molar-refractivity contribution is 9.10. The van der Waals surface area contributed by atoms with Crippen LogP contribution in [0.3, 0.4) is 0 Å². The van der Waals surface area contributed by atoms with Crippen LogP contribution >= 0.6 is 15.9 Å². The lowest BCUT2D eigenvalue weighted by Crippen LogP contribution is -2.21. The molecule has 1 unspecified atom stereocenters. The second kappa shape index (κ2) is 6.21. The topological polar surface area (TPSA) is 58.3 Å². The van der Waals surface area contributed by atoms with E-state index >= 15 is 0 Å². The first-order chi connectivity index (χ1) is 7.90. The van der Waals surface area contributed by atoms with E-state index in [1.165, 1.54) is 6.07 Å². The van der Waals surface area contributed by atoms with Crippen LogP contribution in [0.5, 0.6) is 0 Å². The maximum Gasteiger partial charge on any atom is 0.139 e. The summed E-state index contributed by atoms with van der Waals surface area (Å²) in [6.45, 7) is 4.50. The molecule has 4 N–H and O–H groups in total. The molecule has 0 radical (unpaired) electrons. The summed E-state index contributed by atoms with van der Waals surface area (Å²) in [4.78, 5) is 0. The third-order valence-electron chi connectivity index (χ3n) is 2.36. The monoisotopic (exact) mass is 304 g/mol. The Morgan fingerprint density at radius 3 is 2.71 bits per heavy atom. The Hall–Kier alpha value is -0.810. The van der Waals surface area contributed by atoms with Crippen molar-refractivity contribution < 1.29 is 9.50 Å². The number of aliphatic hydroxyl groups is 1. The quantitative estimate of drug-likeness (QED) is 0.733. The van der Waals surface area contributed by atoms with E-state index in [0.717, 1.165) is 6.42 Å². The molecule has 0 aromatic heterocycles. The van der Waals surface area contributed by atoms with E-state index in [2.05, 4.69) is 21.2 Å². The van der Waals surface area contributed by atoms with Gasteiger partial charge in [-0.15, -0.1) is 0 Å². The summed E-state index contributed by atoms with van der Waals surface area (Å²) in [5, 5.41) is 12.7. The Morgan fingerprint density at radius 1 is 1.47 bits per heavy atom. The lowest BCUT2D eigenvalue weighted by Gasteiger charge is -2.16. The molecule has 0 fully saturated rings. The highest BCUT2D eigenvalue weighted by Crippen LogP contribution is 2.26. The molecule has 0 aliphatic heterocycles. The summed E-state index contributed by atoms with van der Waals surface area (Å²) in [7, 11) is 0. The van der Waals surface area contributed by atoms with Crippen molar-refractivity contribution in [1.29, 1.82) is 0 Å². The summed E-state index contributed by atoms with van der Waals surface area (Å²) >= 11 is 3.09. The zero-order valence-electron chi connectivity index (χ0n) is 10.0. The largest absolute Gasteiger partial charge is 0.397 e. The molecule has 0 saturated heterocycles. The minimum atomic E-state index is -0.432. The maximum atomic E-state index is 13.1. The molecule has 0 aliphatic carbocycles. The van der Waals surface area contributed by atoms with Crippen molar-refractivity contribution in [2.75, 3.05) is 17.6 Å². The fraction of sp³-hybridized carbons (Fsp3) is 0.500. The van der Waals surface area contributed by atoms with Gasteiger partial charge in [-0.1, -0.05) is 13.8 Å². The zero-order chi connectivity index (χ0) is 13.0. The van der Waals surface area contributed by atoms with Gasteiger partial charge in [-0.3, -0.25) is 0 Å². The second-order valence-electron chi connectivity index (χ2n) is 4.52. The summed E-state index contributed by atoms with van der Waals surface area (Å²) in [5.41, 5.74) is 6.63. The summed E-state index contributed by atoms with van der Waals surface area (Å²) in [6, 6.07) is 2.83. The van der Waals surface area contributed by atoms with Crippen LogP contribution in [-0.4, -0.2) is 17.8 Å². The van der Waals surface area contributed by atoms with Crippen LogP contribution in [0.15, 0.2) is 16.6 Å². The van der Waals surface area contributed by atoms with E-state index in [0.29, 0.717) is 28.3 Å². The molecule has 0 spiro atoms. The molecule has 96 valence electrons. The van der Waals surface area contributed by atoms with Gasteiger partial charge in [0.05, 0.1) is 22.0 Å². The Kier molecular flexibility index (Phi) is 5.21. The molecule has 0 aliphatic rings. The minimum Gasteiger partial charge on any atom is -0.397 e. The van der Waals surface area contributed by atoms with Gasteiger partial charge in [0.25, 0.3) is 0 Å². The number of hydrogen-bond acceptors (Lipinski definition) is 3.